The van der Waals surface area contributed by atoms with Crippen LogP contribution in [0.15, 0.2) is 48.7 Å². The van der Waals surface area contributed by atoms with Gasteiger partial charge in [0.05, 0.1) is 11.3 Å². The first-order valence-electron chi connectivity index (χ1n) is 12.3. The van der Waals surface area contributed by atoms with E-state index in [4.69, 9.17) is 10.5 Å². The minimum atomic E-state index is -0.618. The number of primary amides is 1. The highest BCUT2D eigenvalue weighted by Crippen LogP contribution is 2.21. The number of nitrogens with zero attached hydrogens (tertiary/aromatic N) is 5. The Balaban J connectivity index is 1.41. The average Bonchev–Trinajstić information content (AvgIpc) is 3.46. The Bertz CT molecular complexity index is 1440. The second-order valence-corrected chi connectivity index (χ2v) is 8.65. The predicted molar refractivity (Wildman–Crippen MR) is 141 cm³/mol. The van der Waals surface area contributed by atoms with Crippen LogP contribution in [-0.4, -0.2) is 48.8 Å². The lowest BCUT2D eigenvalue weighted by Crippen LogP contribution is -2.25. The normalized spacial score (nSPS) is 10.9. The van der Waals surface area contributed by atoms with Crippen molar-refractivity contribution >= 4 is 35.0 Å². The number of rotatable bonds is 11. The molecule has 4 rings (SSSR count). The number of fused-ring (bicyclic) bond motifs is 1. The fraction of sp³-hybridized carbons (Fsp3) is 0.308. The molecule has 12 nitrogen and oxygen atoms in total. The second kappa shape index (κ2) is 12.0. The van der Waals surface area contributed by atoms with Gasteiger partial charge in [-0.25, -0.2) is 14.8 Å². The molecule has 0 unspecified atom stereocenters. The number of aromatic nitrogens is 5. The molecule has 0 aliphatic rings. The highest BCUT2D eigenvalue weighted by atomic mass is 16.5. The van der Waals surface area contributed by atoms with E-state index >= 15 is 0 Å². The predicted octanol–water partition coefficient (Wildman–Crippen LogP) is 3.01. The number of hydrogen-bond donors (Lipinski definition) is 3. The minimum Gasteiger partial charge on any atom is -0.445 e. The Kier molecular flexibility index (Phi) is 8.31. The van der Waals surface area contributed by atoms with Crippen LogP contribution in [0.25, 0.3) is 11.2 Å². The van der Waals surface area contributed by atoms with E-state index in [1.54, 1.807) is 21.4 Å². The van der Waals surface area contributed by atoms with Crippen molar-refractivity contribution in [3.63, 3.8) is 0 Å². The Morgan fingerprint density at radius 2 is 1.89 bits per heavy atom. The van der Waals surface area contributed by atoms with Gasteiger partial charge in [-0.1, -0.05) is 30.3 Å². The summed E-state index contributed by atoms with van der Waals surface area (Å²) in [7, 11) is 0. The molecule has 0 radical (unpaired) electrons. The first-order chi connectivity index (χ1) is 18.4. The summed E-state index contributed by atoms with van der Waals surface area (Å²) in [6.07, 6.45) is 2.19. The highest BCUT2D eigenvalue weighted by Gasteiger charge is 2.19. The van der Waals surface area contributed by atoms with Gasteiger partial charge < -0.3 is 15.8 Å². The Morgan fingerprint density at radius 1 is 1.11 bits per heavy atom. The van der Waals surface area contributed by atoms with E-state index in [1.807, 2.05) is 44.2 Å². The van der Waals surface area contributed by atoms with Crippen LogP contribution in [0.4, 0.5) is 10.7 Å². The van der Waals surface area contributed by atoms with E-state index in [2.05, 4.69) is 25.7 Å². The van der Waals surface area contributed by atoms with Crippen LogP contribution in [0.1, 0.15) is 51.9 Å². The van der Waals surface area contributed by atoms with Crippen LogP contribution in [0.5, 0.6) is 0 Å². The summed E-state index contributed by atoms with van der Waals surface area (Å²) < 4.78 is 8.61. The van der Waals surface area contributed by atoms with E-state index in [0.717, 1.165) is 11.3 Å². The number of amides is 3. The van der Waals surface area contributed by atoms with Gasteiger partial charge in [-0.3, -0.25) is 24.2 Å². The van der Waals surface area contributed by atoms with Crippen LogP contribution in [0.2, 0.25) is 0 Å². The van der Waals surface area contributed by atoms with Gasteiger partial charge in [0.25, 0.3) is 5.91 Å². The fourth-order valence-corrected chi connectivity index (χ4v) is 3.95. The molecule has 0 bridgehead atoms. The third-order valence-electron chi connectivity index (χ3n) is 5.82. The zero-order valence-corrected chi connectivity index (χ0v) is 21.3. The number of nitrogens with one attached hydrogen (secondary N) is 2. The Hall–Kier alpha value is -4.74. The second-order valence-electron chi connectivity index (χ2n) is 8.65. The molecule has 12 heteroatoms. The van der Waals surface area contributed by atoms with Crippen molar-refractivity contribution in [2.24, 2.45) is 5.73 Å². The molecule has 0 atom stereocenters. The van der Waals surface area contributed by atoms with Gasteiger partial charge >= 0.3 is 6.09 Å². The number of aryl methyl sites for hydroxylation is 3. The van der Waals surface area contributed by atoms with Gasteiger partial charge in [-0.15, -0.1) is 0 Å². The largest absolute Gasteiger partial charge is 0.445 e. The van der Waals surface area contributed by atoms with Gasteiger partial charge in [-0.2, -0.15) is 5.10 Å². The first-order valence-corrected chi connectivity index (χ1v) is 12.3. The first kappa shape index (κ1) is 26.3. The van der Waals surface area contributed by atoms with Crippen molar-refractivity contribution in [2.45, 2.75) is 46.4 Å². The molecule has 0 spiro atoms. The number of ether oxygens (including phenoxy) is 1. The molecule has 38 heavy (non-hydrogen) atoms. The summed E-state index contributed by atoms with van der Waals surface area (Å²) in [5, 5.41) is 9.91. The number of hydrogen-bond acceptors (Lipinski definition) is 7. The monoisotopic (exact) mass is 518 g/mol. The van der Waals surface area contributed by atoms with E-state index in [0.29, 0.717) is 49.3 Å². The van der Waals surface area contributed by atoms with Crippen LogP contribution >= 0.6 is 0 Å². The molecule has 0 aliphatic carbocycles. The third-order valence-corrected chi connectivity index (χ3v) is 5.82. The van der Waals surface area contributed by atoms with Crippen molar-refractivity contribution in [1.82, 2.24) is 29.6 Å². The maximum atomic E-state index is 13.0. The van der Waals surface area contributed by atoms with E-state index in [9.17, 15) is 14.4 Å². The van der Waals surface area contributed by atoms with Gasteiger partial charge in [0.1, 0.15) is 17.8 Å². The number of carbonyl (C=O) groups is 3. The molecule has 0 saturated carbocycles. The molecule has 0 aliphatic heterocycles. The summed E-state index contributed by atoms with van der Waals surface area (Å²) in [6.45, 7) is 5.33. The summed E-state index contributed by atoms with van der Waals surface area (Å²) in [6, 6.07) is 12.7. The smallest absolute Gasteiger partial charge is 0.407 e. The molecule has 3 aromatic heterocycles. The molecule has 3 heterocycles. The lowest BCUT2D eigenvalue weighted by molar-refractivity contribution is 0.0995. The third kappa shape index (κ3) is 6.33. The number of benzene rings is 1. The maximum Gasteiger partial charge on any atom is 0.407 e. The number of anilines is 1. The van der Waals surface area contributed by atoms with E-state index in [1.165, 1.54) is 6.20 Å². The molecule has 1 aromatic carbocycles. The molecule has 4 N–H and O–H groups in total. The zero-order chi connectivity index (χ0) is 27.1. The van der Waals surface area contributed by atoms with Crippen LogP contribution < -0.4 is 16.4 Å². The molecule has 4 aromatic rings. The summed E-state index contributed by atoms with van der Waals surface area (Å²) in [4.78, 5) is 45.5. The summed E-state index contributed by atoms with van der Waals surface area (Å²) in [5.41, 5.74) is 8.60. The van der Waals surface area contributed by atoms with Crippen LogP contribution in [0.3, 0.4) is 0 Å². The number of unbranched alkanes of at least 4 members (excludes halogenated alkanes) is 1. The van der Waals surface area contributed by atoms with Gasteiger partial charge in [-0.05, 0) is 44.4 Å². The van der Waals surface area contributed by atoms with Crippen molar-refractivity contribution in [2.75, 3.05) is 11.9 Å². The number of pyridine rings is 1. The number of imidazole rings is 1. The lowest BCUT2D eigenvalue weighted by atomic mass is 10.2. The zero-order valence-electron chi connectivity index (χ0n) is 21.3. The summed E-state index contributed by atoms with van der Waals surface area (Å²) >= 11 is 0. The fourth-order valence-electron chi connectivity index (χ4n) is 3.95. The lowest BCUT2D eigenvalue weighted by Gasteiger charge is -2.11. The van der Waals surface area contributed by atoms with Crippen LogP contribution in [0, 0.1) is 6.92 Å². The van der Waals surface area contributed by atoms with Gasteiger partial charge in [0.2, 0.25) is 11.9 Å². The molecule has 198 valence electrons. The Morgan fingerprint density at radius 3 is 2.63 bits per heavy atom. The topological polar surface area (TPSA) is 159 Å². The van der Waals surface area contributed by atoms with Crippen molar-refractivity contribution in [1.29, 1.82) is 0 Å². The SMILES string of the molecule is CCn1nc(C)cc1C(=O)Nc1nc2cc(C(N)=O)cnc2n1CCCCNC(=O)OCc1ccccc1. The van der Waals surface area contributed by atoms with Crippen molar-refractivity contribution < 1.29 is 19.1 Å². The molecule has 0 fully saturated rings. The van der Waals surface area contributed by atoms with E-state index in [-0.39, 0.29) is 24.0 Å². The minimum absolute atomic E-state index is 0.201. The van der Waals surface area contributed by atoms with Crippen molar-refractivity contribution in [3.8, 4) is 0 Å². The average molecular weight is 519 g/mol. The standard InChI is InChI=1S/C26H30N8O4/c1-3-34-21(13-17(2)32-34)24(36)31-25-30-20-14-19(22(27)35)15-29-23(20)33(25)12-8-7-11-28-26(37)38-16-18-9-5-4-6-10-18/h4-6,9-10,13-15H,3,7-8,11-12,16H2,1-2H3,(H2,27,35)(H,28,37)(H,30,31,36). The van der Waals surface area contributed by atoms with E-state index < -0.39 is 12.0 Å². The molecular formula is C26H30N8O4. The van der Waals surface area contributed by atoms with Crippen molar-refractivity contribution in [3.05, 3.63) is 71.2 Å². The summed E-state index contributed by atoms with van der Waals surface area (Å²) in [5.74, 6) is -0.690. The molecule has 3 amide bonds. The number of nitrogens with two attached hydrogens (primary N) is 1. The maximum absolute atomic E-state index is 13.0. The van der Waals surface area contributed by atoms with Gasteiger partial charge in [0, 0.05) is 25.8 Å². The molecule has 0 saturated heterocycles. The van der Waals surface area contributed by atoms with Gasteiger partial charge in [0.15, 0.2) is 5.65 Å². The quantitative estimate of drug-likeness (QED) is 0.257. The Labute approximate surface area is 219 Å². The molecular weight excluding hydrogens is 488 g/mol. The number of carbonyl (C=O) groups excluding carboxylic acids is 3. The number of alkyl carbamates (subject to hydrolysis) is 1. The van der Waals surface area contributed by atoms with Crippen LogP contribution in [-0.2, 0) is 24.4 Å². The highest BCUT2D eigenvalue weighted by molar-refractivity contribution is 6.03.